The molecule has 0 aliphatic heterocycles. The third-order valence-corrected chi connectivity index (χ3v) is 2.91. The third kappa shape index (κ3) is 2.80. The fourth-order valence-electron chi connectivity index (χ4n) is 1.85. The quantitative estimate of drug-likeness (QED) is 0.906. The van der Waals surface area contributed by atoms with Crippen LogP contribution in [0.15, 0.2) is 36.7 Å². The van der Waals surface area contributed by atoms with E-state index in [1.165, 1.54) is 6.20 Å². The maximum Gasteiger partial charge on any atom is 0.257 e. The number of hydrogen-bond donors (Lipinski definition) is 1. The molecule has 2 rings (SSSR count). The number of hydrogen-bond acceptors (Lipinski definition) is 3. The zero-order valence-corrected chi connectivity index (χ0v) is 10.6. The number of amides is 1. The number of nitrogens with one attached hydrogen (secondary N) is 1. The molecule has 0 bridgehead atoms. The molecule has 1 N–H and O–H groups in total. The van der Waals surface area contributed by atoms with E-state index in [9.17, 15) is 4.79 Å². The summed E-state index contributed by atoms with van der Waals surface area (Å²) in [5.41, 5.74) is 1.97. The van der Waals surface area contributed by atoms with Gasteiger partial charge in [0, 0.05) is 19.3 Å². The van der Waals surface area contributed by atoms with Crippen molar-refractivity contribution in [3.63, 3.8) is 0 Å². The highest BCUT2D eigenvalue weighted by Crippen LogP contribution is 2.12. The van der Waals surface area contributed by atoms with Gasteiger partial charge in [-0.3, -0.25) is 9.89 Å². The lowest BCUT2D eigenvalue weighted by Crippen LogP contribution is -2.30. The molecule has 96 valence electrons. The molecule has 1 aromatic heterocycles. The van der Waals surface area contributed by atoms with Crippen LogP contribution in [0.3, 0.4) is 0 Å². The minimum absolute atomic E-state index is 0.0935. The second-order valence-corrected chi connectivity index (χ2v) is 4.08. The molecule has 0 atom stereocenters. The van der Waals surface area contributed by atoms with Crippen molar-refractivity contribution in [2.45, 2.75) is 13.5 Å². The third-order valence-electron chi connectivity index (χ3n) is 2.91. The SMILES string of the molecule is CCN(Cc1ccccc1C#N)C(=O)c1cn[nH]c1. The fraction of sp³-hybridized carbons (Fsp3) is 0.214. The number of rotatable bonds is 4. The Hall–Kier alpha value is -2.61. The number of carbonyl (C=O) groups is 1. The van der Waals surface area contributed by atoms with Crippen molar-refractivity contribution in [2.24, 2.45) is 0 Å². The number of aromatic amines is 1. The summed E-state index contributed by atoms with van der Waals surface area (Å²) in [7, 11) is 0. The lowest BCUT2D eigenvalue weighted by molar-refractivity contribution is 0.0752. The molecular formula is C14H14N4O. The van der Waals surface area contributed by atoms with Gasteiger partial charge in [0.05, 0.1) is 23.4 Å². The number of nitriles is 1. The van der Waals surface area contributed by atoms with E-state index in [1.807, 2.05) is 25.1 Å². The first-order valence-electron chi connectivity index (χ1n) is 6.02. The first-order valence-corrected chi connectivity index (χ1v) is 6.02. The lowest BCUT2D eigenvalue weighted by Gasteiger charge is -2.20. The van der Waals surface area contributed by atoms with Gasteiger partial charge in [0.2, 0.25) is 0 Å². The van der Waals surface area contributed by atoms with E-state index in [4.69, 9.17) is 5.26 Å². The van der Waals surface area contributed by atoms with E-state index in [2.05, 4.69) is 16.3 Å². The standard InChI is InChI=1S/C14H14N4O/c1-2-18(14(19)13-8-16-17-9-13)10-12-6-4-3-5-11(12)7-15/h3-6,8-9H,2,10H2,1H3,(H,16,17). The van der Waals surface area contributed by atoms with Crippen LogP contribution in [0, 0.1) is 11.3 Å². The molecule has 0 fully saturated rings. The number of carbonyl (C=O) groups excluding carboxylic acids is 1. The molecule has 0 saturated carbocycles. The zero-order chi connectivity index (χ0) is 13.7. The average molecular weight is 254 g/mol. The first kappa shape index (κ1) is 12.8. The van der Waals surface area contributed by atoms with Crippen LogP contribution in [-0.4, -0.2) is 27.5 Å². The summed E-state index contributed by atoms with van der Waals surface area (Å²) in [4.78, 5) is 13.9. The molecule has 0 aliphatic rings. The van der Waals surface area contributed by atoms with Crippen LogP contribution in [0.2, 0.25) is 0 Å². The Balaban J connectivity index is 2.20. The van der Waals surface area contributed by atoms with Crippen molar-refractivity contribution in [1.29, 1.82) is 5.26 Å². The number of nitrogens with zero attached hydrogens (tertiary/aromatic N) is 3. The molecule has 5 nitrogen and oxygen atoms in total. The summed E-state index contributed by atoms with van der Waals surface area (Å²) < 4.78 is 0. The summed E-state index contributed by atoms with van der Waals surface area (Å²) in [5, 5.41) is 15.5. The van der Waals surface area contributed by atoms with E-state index >= 15 is 0 Å². The minimum Gasteiger partial charge on any atom is -0.334 e. The van der Waals surface area contributed by atoms with E-state index in [0.29, 0.717) is 24.2 Å². The van der Waals surface area contributed by atoms with Gasteiger partial charge in [0.15, 0.2) is 0 Å². The van der Waals surface area contributed by atoms with Crippen molar-refractivity contribution in [3.05, 3.63) is 53.3 Å². The average Bonchev–Trinajstić information content (AvgIpc) is 2.98. The molecular weight excluding hydrogens is 240 g/mol. The lowest BCUT2D eigenvalue weighted by atomic mass is 10.1. The van der Waals surface area contributed by atoms with Gasteiger partial charge in [-0.25, -0.2) is 0 Å². The van der Waals surface area contributed by atoms with Crippen LogP contribution in [0.25, 0.3) is 0 Å². The Labute approximate surface area is 111 Å². The molecule has 0 saturated heterocycles. The molecule has 0 unspecified atom stereocenters. The monoisotopic (exact) mass is 254 g/mol. The number of aromatic nitrogens is 2. The summed E-state index contributed by atoms with van der Waals surface area (Å²) in [6.07, 6.45) is 3.07. The molecule has 0 aliphatic carbocycles. The van der Waals surface area contributed by atoms with E-state index in [0.717, 1.165) is 5.56 Å². The van der Waals surface area contributed by atoms with E-state index < -0.39 is 0 Å². The molecule has 5 heteroatoms. The zero-order valence-electron chi connectivity index (χ0n) is 10.6. The van der Waals surface area contributed by atoms with Crippen molar-refractivity contribution in [2.75, 3.05) is 6.54 Å². The van der Waals surface area contributed by atoms with Crippen LogP contribution in [0.5, 0.6) is 0 Å². The van der Waals surface area contributed by atoms with Gasteiger partial charge >= 0.3 is 0 Å². The predicted molar refractivity (Wildman–Crippen MR) is 70.2 cm³/mol. The molecule has 1 heterocycles. The van der Waals surface area contributed by atoms with Crippen LogP contribution < -0.4 is 0 Å². The molecule has 2 aromatic rings. The Bertz CT molecular complexity index is 598. The van der Waals surface area contributed by atoms with Crippen molar-refractivity contribution < 1.29 is 4.79 Å². The van der Waals surface area contributed by atoms with Crippen LogP contribution in [-0.2, 0) is 6.54 Å². The second kappa shape index (κ2) is 5.83. The van der Waals surface area contributed by atoms with Gasteiger partial charge in [0.25, 0.3) is 5.91 Å². The van der Waals surface area contributed by atoms with Crippen molar-refractivity contribution in [3.8, 4) is 6.07 Å². The van der Waals surface area contributed by atoms with Gasteiger partial charge in [-0.2, -0.15) is 10.4 Å². The maximum atomic E-state index is 12.2. The van der Waals surface area contributed by atoms with Crippen LogP contribution >= 0.6 is 0 Å². The smallest absolute Gasteiger partial charge is 0.257 e. The fourth-order valence-corrected chi connectivity index (χ4v) is 1.85. The van der Waals surface area contributed by atoms with Gasteiger partial charge in [-0.1, -0.05) is 18.2 Å². The van der Waals surface area contributed by atoms with Gasteiger partial charge < -0.3 is 4.90 Å². The minimum atomic E-state index is -0.0935. The van der Waals surface area contributed by atoms with Crippen LogP contribution in [0.4, 0.5) is 0 Å². The van der Waals surface area contributed by atoms with Gasteiger partial charge in [-0.05, 0) is 18.6 Å². The Kier molecular flexibility index (Phi) is 3.94. The van der Waals surface area contributed by atoms with Gasteiger partial charge in [0.1, 0.15) is 0 Å². The topological polar surface area (TPSA) is 72.8 Å². The largest absolute Gasteiger partial charge is 0.334 e. The molecule has 1 aromatic carbocycles. The van der Waals surface area contributed by atoms with Crippen molar-refractivity contribution >= 4 is 5.91 Å². The second-order valence-electron chi connectivity index (χ2n) is 4.08. The highest BCUT2D eigenvalue weighted by molar-refractivity contribution is 5.93. The molecule has 0 radical (unpaired) electrons. The van der Waals surface area contributed by atoms with E-state index in [-0.39, 0.29) is 5.91 Å². The normalized spacial score (nSPS) is 9.89. The Morgan fingerprint density at radius 3 is 2.89 bits per heavy atom. The molecule has 1 amide bonds. The number of H-pyrrole nitrogens is 1. The highest BCUT2D eigenvalue weighted by atomic mass is 16.2. The van der Waals surface area contributed by atoms with Gasteiger partial charge in [-0.15, -0.1) is 0 Å². The summed E-state index contributed by atoms with van der Waals surface area (Å²) in [6.45, 7) is 2.90. The first-order chi connectivity index (χ1) is 9.26. The van der Waals surface area contributed by atoms with E-state index in [1.54, 1.807) is 17.2 Å². The summed E-state index contributed by atoms with van der Waals surface area (Å²) in [5.74, 6) is -0.0935. The Morgan fingerprint density at radius 2 is 2.26 bits per heavy atom. The van der Waals surface area contributed by atoms with Crippen molar-refractivity contribution in [1.82, 2.24) is 15.1 Å². The molecule has 19 heavy (non-hydrogen) atoms. The Morgan fingerprint density at radius 1 is 1.47 bits per heavy atom. The summed E-state index contributed by atoms with van der Waals surface area (Å²) in [6, 6.07) is 9.45. The molecule has 0 spiro atoms. The summed E-state index contributed by atoms with van der Waals surface area (Å²) >= 11 is 0. The predicted octanol–water partition coefficient (Wildman–Crippen LogP) is 1.94. The van der Waals surface area contributed by atoms with Crippen LogP contribution in [0.1, 0.15) is 28.4 Å². The highest BCUT2D eigenvalue weighted by Gasteiger charge is 2.16. The maximum absolute atomic E-state index is 12.2. The number of benzene rings is 1.